The quantitative estimate of drug-likeness (QED) is 0.229. The molecule has 0 saturated carbocycles. The van der Waals surface area contributed by atoms with Gasteiger partial charge in [-0.25, -0.2) is 14.4 Å². The molecule has 0 radical (unpaired) electrons. The Morgan fingerprint density at radius 1 is 0.618 bits per heavy atom. The first-order chi connectivity index (χ1) is 15.2. The molecular weight excluding hydrogens is 511 g/mol. The van der Waals surface area contributed by atoms with Crippen LogP contribution >= 0.6 is 0 Å². The number of hydrogen-bond donors (Lipinski definition) is 1. The first kappa shape index (κ1) is 30.3. The van der Waals surface area contributed by atoms with Crippen molar-refractivity contribution in [3.63, 3.8) is 0 Å². The van der Waals surface area contributed by atoms with Crippen LogP contribution in [0.1, 0.15) is 25.7 Å². The highest BCUT2D eigenvalue weighted by molar-refractivity contribution is 6.02. The highest BCUT2D eigenvalue weighted by atomic mass is 19.4. The third kappa shape index (κ3) is 10.7. The fourth-order valence-corrected chi connectivity index (χ4v) is 1.50. The van der Waals surface area contributed by atoms with Crippen LogP contribution in [-0.4, -0.2) is 65.1 Å². The average Bonchev–Trinajstić information content (AvgIpc) is 3.18. The number of nitrogens with zero attached hydrogens (tertiary/aromatic N) is 1. The number of carbonyl (C=O) groups is 7. The average molecular weight is 520 g/mol. The molecule has 0 unspecified atom stereocenters. The van der Waals surface area contributed by atoms with Gasteiger partial charge in [0.1, 0.15) is 0 Å². The third-order valence-corrected chi connectivity index (χ3v) is 2.92. The molecule has 1 N–H and O–H groups in total. The maximum Gasteiger partial charge on any atom is 0.493 e. The number of carbonyl (C=O) groups excluding carboxylic acids is 7. The van der Waals surface area contributed by atoms with Crippen molar-refractivity contribution in [3.8, 4) is 0 Å². The van der Waals surface area contributed by atoms with E-state index in [1.807, 2.05) is 0 Å². The first-order valence-corrected chi connectivity index (χ1v) is 8.04. The molecule has 2 heterocycles. The van der Waals surface area contributed by atoms with Crippen LogP contribution in [0, 0.1) is 0 Å². The number of hydrogen-bond acceptors (Lipinski definition) is 9. The first-order valence-electron chi connectivity index (χ1n) is 8.04. The zero-order valence-corrected chi connectivity index (χ0v) is 15.9. The van der Waals surface area contributed by atoms with Crippen LogP contribution in [-0.2, 0) is 43.1 Å². The van der Waals surface area contributed by atoms with Gasteiger partial charge in [0.15, 0.2) is 0 Å². The van der Waals surface area contributed by atoms with Crippen molar-refractivity contribution < 1.29 is 82.6 Å². The van der Waals surface area contributed by atoms with Gasteiger partial charge in [-0.15, -0.1) is 5.06 Å². The van der Waals surface area contributed by atoms with Crippen molar-refractivity contribution in [2.45, 2.75) is 44.2 Å². The second kappa shape index (κ2) is 11.4. The van der Waals surface area contributed by atoms with E-state index in [9.17, 15) is 73.1 Å². The maximum absolute atomic E-state index is 11.6. The Balaban J connectivity index is 0.000000505. The van der Waals surface area contributed by atoms with Gasteiger partial charge in [-0.3, -0.25) is 24.5 Å². The Morgan fingerprint density at radius 3 is 1.18 bits per heavy atom. The molecule has 4 amide bonds. The Bertz CT molecular complexity index is 808. The third-order valence-electron chi connectivity index (χ3n) is 2.92. The van der Waals surface area contributed by atoms with E-state index < -0.39 is 48.3 Å². The zero-order chi connectivity index (χ0) is 27.1. The molecular formula is C14H9F9N2O9. The van der Waals surface area contributed by atoms with Crippen molar-refractivity contribution >= 4 is 41.5 Å². The number of alkyl halides is 9. The summed E-state index contributed by atoms with van der Waals surface area (Å²) in [4.78, 5) is 74.8. The van der Waals surface area contributed by atoms with Crippen LogP contribution in [0.3, 0.4) is 0 Å². The number of rotatable bonds is 1. The van der Waals surface area contributed by atoms with Crippen molar-refractivity contribution in [2.75, 3.05) is 0 Å². The molecule has 0 aromatic heterocycles. The van der Waals surface area contributed by atoms with Gasteiger partial charge in [-0.05, 0) is 0 Å². The molecule has 0 aromatic rings. The van der Waals surface area contributed by atoms with Crippen molar-refractivity contribution in [1.29, 1.82) is 0 Å². The number of imide groups is 2. The van der Waals surface area contributed by atoms with E-state index in [-0.39, 0.29) is 29.7 Å². The van der Waals surface area contributed by atoms with E-state index in [2.05, 4.69) is 14.9 Å². The summed E-state index contributed by atoms with van der Waals surface area (Å²) in [6.45, 7) is 0. The van der Waals surface area contributed by atoms with Crippen LogP contribution in [0.2, 0.25) is 0 Å². The highest BCUT2D eigenvalue weighted by Crippen LogP contribution is 2.22. The van der Waals surface area contributed by atoms with Crippen LogP contribution in [0.4, 0.5) is 39.5 Å². The van der Waals surface area contributed by atoms with Gasteiger partial charge < -0.3 is 9.57 Å². The number of hydroxylamine groups is 2. The summed E-state index contributed by atoms with van der Waals surface area (Å²) >= 11 is 0. The molecule has 0 atom stereocenters. The zero-order valence-electron chi connectivity index (χ0n) is 15.9. The van der Waals surface area contributed by atoms with Gasteiger partial charge in [0, 0.05) is 25.7 Å². The normalized spacial score (nSPS) is 16.1. The van der Waals surface area contributed by atoms with E-state index in [0.717, 1.165) is 0 Å². The summed E-state index contributed by atoms with van der Waals surface area (Å²) in [6.07, 6.45) is -16.2. The molecule has 2 rings (SSSR count). The van der Waals surface area contributed by atoms with Gasteiger partial charge in [-0.1, -0.05) is 0 Å². The largest absolute Gasteiger partial charge is 0.493 e. The maximum atomic E-state index is 11.6. The van der Waals surface area contributed by atoms with Crippen LogP contribution in [0.15, 0.2) is 0 Å². The van der Waals surface area contributed by atoms with Crippen molar-refractivity contribution in [3.05, 3.63) is 0 Å². The van der Waals surface area contributed by atoms with Crippen LogP contribution < -0.4 is 5.32 Å². The summed E-state index contributed by atoms with van der Waals surface area (Å²) in [5, 5.41) is 1.98. The molecule has 0 aromatic carbocycles. The smallest absolute Gasteiger partial charge is 0.380 e. The standard InChI is InChI=1S/C6H4F3NO4.C4F6O3.C4H5NO2/c7-6(8,9)5(13)14-10-3(11)1-2-4(10)12;5-3(6,7)1(11)13-2(12)4(8,9)10;6-3-1-2-4(7)5-3/h1-2H2;;1-2H2,(H,5,6,7). The minimum absolute atomic E-state index is 0.148. The Labute approximate surface area is 180 Å². The number of esters is 2. The lowest BCUT2D eigenvalue weighted by atomic mass is 10.4. The molecule has 192 valence electrons. The summed E-state index contributed by atoms with van der Waals surface area (Å²) in [5.74, 6) is -11.2. The molecule has 0 spiro atoms. The van der Waals surface area contributed by atoms with Gasteiger partial charge in [0.25, 0.3) is 11.8 Å². The monoisotopic (exact) mass is 520 g/mol. The predicted octanol–water partition coefficient (Wildman–Crippen LogP) is 0.760. The number of halogens is 9. The van der Waals surface area contributed by atoms with E-state index >= 15 is 0 Å². The molecule has 2 fully saturated rings. The topological polar surface area (TPSA) is 153 Å². The second-order valence-electron chi connectivity index (χ2n) is 5.60. The fourth-order valence-electron chi connectivity index (χ4n) is 1.50. The minimum atomic E-state index is -5.62. The molecule has 2 aliphatic rings. The van der Waals surface area contributed by atoms with Gasteiger partial charge >= 0.3 is 36.4 Å². The molecule has 2 aliphatic heterocycles. The Morgan fingerprint density at radius 2 is 0.941 bits per heavy atom. The minimum Gasteiger partial charge on any atom is -0.380 e. The molecule has 20 heteroatoms. The van der Waals surface area contributed by atoms with E-state index in [1.165, 1.54) is 0 Å². The van der Waals surface area contributed by atoms with E-state index in [4.69, 9.17) is 0 Å². The number of nitrogens with one attached hydrogen (secondary N) is 1. The summed E-state index contributed by atoms with van der Waals surface area (Å²) in [6, 6.07) is 0. The Kier molecular flexibility index (Phi) is 10.2. The fraction of sp³-hybridized carbons (Fsp3) is 0.500. The summed E-state index contributed by atoms with van der Waals surface area (Å²) in [7, 11) is 0. The molecule has 11 nitrogen and oxygen atoms in total. The lowest BCUT2D eigenvalue weighted by molar-refractivity contribution is -0.232. The lowest BCUT2D eigenvalue weighted by Crippen LogP contribution is -2.37. The second-order valence-corrected chi connectivity index (χ2v) is 5.60. The SMILES string of the molecule is O=C(OC(=O)C(F)(F)F)C(F)(F)F.O=C1CCC(=O)N1.O=C1CCC(=O)N1OC(=O)C(F)(F)F. The highest BCUT2D eigenvalue weighted by Gasteiger charge is 2.49. The summed E-state index contributed by atoms with van der Waals surface area (Å²) in [5.41, 5.74) is 0. The van der Waals surface area contributed by atoms with Crippen LogP contribution in [0.25, 0.3) is 0 Å². The molecule has 0 aliphatic carbocycles. The number of ether oxygens (including phenoxy) is 1. The van der Waals surface area contributed by atoms with Crippen molar-refractivity contribution in [2.24, 2.45) is 0 Å². The summed E-state index contributed by atoms with van der Waals surface area (Å²) < 4.78 is 105. The lowest BCUT2D eigenvalue weighted by Gasteiger charge is -2.13. The van der Waals surface area contributed by atoms with Crippen molar-refractivity contribution in [1.82, 2.24) is 10.4 Å². The number of amides is 4. The Hall–Kier alpha value is -3.74. The van der Waals surface area contributed by atoms with E-state index in [1.54, 1.807) is 0 Å². The van der Waals surface area contributed by atoms with Gasteiger partial charge in [-0.2, -0.15) is 39.5 Å². The van der Waals surface area contributed by atoms with E-state index in [0.29, 0.717) is 12.8 Å². The molecule has 0 bridgehead atoms. The predicted molar refractivity (Wildman–Crippen MR) is 78.8 cm³/mol. The molecule has 2 saturated heterocycles. The van der Waals surface area contributed by atoms with Crippen LogP contribution in [0.5, 0.6) is 0 Å². The molecule has 34 heavy (non-hydrogen) atoms. The van der Waals surface area contributed by atoms with Gasteiger partial charge in [0.2, 0.25) is 11.8 Å². The van der Waals surface area contributed by atoms with Gasteiger partial charge in [0.05, 0.1) is 0 Å².